The van der Waals surface area contributed by atoms with Crippen LogP contribution in [0.1, 0.15) is 11.1 Å². The summed E-state index contributed by atoms with van der Waals surface area (Å²) in [5.41, 5.74) is 2.50. The summed E-state index contributed by atoms with van der Waals surface area (Å²) in [6, 6.07) is 11.6. The highest BCUT2D eigenvalue weighted by molar-refractivity contribution is 7.98. The zero-order chi connectivity index (χ0) is 11.4. The van der Waals surface area contributed by atoms with Crippen molar-refractivity contribution in [3.8, 4) is 0 Å². The number of benzene rings is 1. The van der Waals surface area contributed by atoms with E-state index in [0.29, 0.717) is 0 Å². The molecular formula is C13H12FNS. The number of aromatic nitrogens is 1. The number of hydrogen-bond donors (Lipinski definition) is 0. The predicted molar refractivity (Wildman–Crippen MR) is 64.9 cm³/mol. The number of rotatable bonds is 3. The monoisotopic (exact) mass is 233 g/mol. The van der Waals surface area contributed by atoms with Crippen LogP contribution in [-0.2, 0) is 5.75 Å². The summed E-state index contributed by atoms with van der Waals surface area (Å²) < 4.78 is 12.8. The van der Waals surface area contributed by atoms with E-state index >= 15 is 0 Å². The van der Waals surface area contributed by atoms with E-state index in [4.69, 9.17) is 0 Å². The van der Waals surface area contributed by atoms with Gasteiger partial charge in [-0.2, -0.15) is 4.39 Å². The smallest absolute Gasteiger partial charge is 0.213 e. The molecular weight excluding hydrogens is 221 g/mol. The van der Waals surface area contributed by atoms with Crippen LogP contribution < -0.4 is 0 Å². The fourth-order valence-corrected chi connectivity index (χ4v) is 2.29. The Bertz CT molecular complexity index is 439. The predicted octanol–water partition coefficient (Wildman–Crippen LogP) is 3.82. The molecule has 0 atom stereocenters. The van der Waals surface area contributed by atoms with Gasteiger partial charge in [-0.1, -0.05) is 29.8 Å². The zero-order valence-electron chi connectivity index (χ0n) is 8.98. The maximum absolute atomic E-state index is 12.8. The number of nitrogens with zero attached hydrogens (tertiary/aromatic N) is 1. The first kappa shape index (κ1) is 11.1. The normalized spacial score (nSPS) is 10.4. The highest BCUT2D eigenvalue weighted by Crippen LogP contribution is 2.22. The summed E-state index contributed by atoms with van der Waals surface area (Å²) in [4.78, 5) is 4.44. The Morgan fingerprint density at radius 1 is 1.25 bits per heavy atom. The van der Waals surface area contributed by atoms with Gasteiger partial charge in [-0.3, -0.25) is 0 Å². The largest absolute Gasteiger partial charge is 0.228 e. The van der Waals surface area contributed by atoms with Crippen molar-refractivity contribution in [3.05, 3.63) is 59.7 Å². The molecule has 1 aromatic carbocycles. The summed E-state index contributed by atoms with van der Waals surface area (Å²) in [6.07, 6.45) is 1.49. The van der Waals surface area contributed by atoms with Gasteiger partial charge in [0.2, 0.25) is 5.95 Å². The Kier molecular flexibility index (Phi) is 3.57. The van der Waals surface area contributed by atoms with Gasteiger partial charge in [-0.15, -0.1) is 11.8 Å². The minimum absolute atomic E-state index is 0.422. The third kappa shape index (κ3) is 3.07. The molecule has 82 valence electrons. The topological polar surface area (TPSA) is 12.9 Å². The lowest BCUT2D eigenvalue weighted by molar-refractivity contribution is 0.579. The van der Waals surface area contributed by atoms with Gasteiger partial charge in [-0.25, -0.2) is 4.98 Å². The van der Waals surface area contributed by atoms with E-state index in [2.05, 4.69) is 30.1 Å². The van der Waals surface area contributed by atoms with Crippen molar-refractivity contribution in [3.63, 3.8) is 0 Å². The molecule has 0 bridgehead atoms. The molecule has 0 N–H and O–H groups in total. The van der Waals surface area contributed by atoms with Gasteiger partial charge in [-0.05, 0) is 18.6 Å². The van der Waals surface area contributed by atoms with Crippen molar-refractivity contribution in [2.24, 2.45) is 0 Å². The van der Waals surface area contributed by atoms with Gasteiger partial charge in [0.15, 0.2) is 0 Å². The van der Waals surface area contributed by atoms with Crippen molar-refractivity contribution in [1.29, 1.82) is 0 Å². The summed E-state index contributed by atoms with van der Waals surface area (Å²) >= 11 is 1.62. The van der Waals surface area contributed by atoms with Crippen LogP contribution in [0, 0.1) is 12.9 Å². The van der Waals surface area contributed by atoms with Gasteiger partial charge < -0.3 is 0 Å². The van der Waals surface area contributed by atoms with Crippen molar-refractivity contribution in [2.75, 3.05) is 0 Å². The van der Waals surface area contributed by atoms with E-state index in [0.717, 1.165) is 10.6 Å². The zero-order valence-corrected chi connectivity index (χ0v) is 9.80. The first-order valence-corrected chi connectivity index (χ1v) is 6.02. The highest BCUT2D eigenvalue weighted by Gasteiger charge is 1.98. The third-order valence-electron chi connectivity index (χ3n) is 2.19. The first-order chi connectivity index (χ1) is 7.74. The van der Waals surface area contributed by atoms with E-state index in [1.807, 2.05) is 12.1 Å². The Morgan fingerprint density at radius 2 is 2.12 bits per heavy atom. The molecule has 0 unspecified atom stereocenters. The quantitative estimate of drug-likeness (QED) is 0.590. The van der Waals surface area contributed by atoms with Crippen molar-refractivity contribution in [2.45, 2.75) is 17.6 Å². The van der Waals surface area contributed by atoms with Crippen LogP contribution >= 0.6 is 11.8 Å². The van der Waals surface area contributed by atoms with Crippen LogP contribution in [0.3, 0.4) is 0 Å². The molecule has 0 amide bonds. The Hall–Kier alpha value is -1.35. The van der Waals surface area contributed by atoms with E-state index in [1.54, 1.807) is 11.8 Å². The molecule has 0 saturated carbocycles. The van der Waals surface area contributed by atoms with Crippen molar-refractivity contribution < 1.29 is 4.39 Å². The minimum atomic E-state index is -0.422. The molecule has 2 aromatic rings. The SMILES string of the molecule is Cc1cccc(CSc2ccnc(F)c2)c1. The van der Waals surface area contributed by atoms with Crippen LogP contribution in [0.2, 0.25) is 0 Å². The maximum atomic E-state index is 12.8. The second kappa shape index (κ2) is 5.12. The van der Waals surface area contributed by atoms with Crippen molar-refractivity contribution in [1.82, 2.24) is 4.98 Å². The molecule has 0 spiro atoms. The highest BCUT2D eigenvalue weighted by atomic mass is 32.2. The van der Waals surface area contributed by atoms with Gasteiger partial charge in [0.05, 0.1) is 0 Å². The molecule has 1 aromatic heterocycles. The molecule has 0 aliphatic rings. The summed E-state index contributed by atoms with van der Waals surface area (Å²) in [6.45, 7) is 2.07. The average Bonchev–Trinajstić information content (AvgIpc) is 2.27. The molecule has 0 saturated heterocycles. The van der Waals surface area contributed by atoms with Crippen LogP contribution in [0.25, 0.3) is 0 Å². The molecule has 3 heteroatoms. The summed E-state index contributed by atoms with van der Waals surface area (Å²) in [5.74, 6) is 0.430. The number of halogens is 1. The van der Waals surface area contributed by atoms with E-state index in [9.17, 15) is 4.39 Å². The Balaban J connectivity index is 2.02. The molecule has 1 heterocycles. The van der Waals surface area contributed by atoms with Crippen LogP contribution in [0.15, 0.2) is 47.5 Å². The van der Waals surface area contributed by atoms with E-state index < -0.39 is 5.95 Å². The molecule has 0 aliphatic heterocycles. The number of aryl methyl sites for hydroxylation is 1. The Morgan fingerprint density at radius 3 is 2.88 bits per heavy atom. The number of thioether (sulfide) groups is 1. The third-order valence-corrected chi connectivity index (χ3v) is 3.25. The van der Waals surface area contributed by atoms with Crippen LogP contribution in [0.4, 0.5) is 4.39 Å². The molecule has 1 nitrogen and oxygen atoms in total. The fraction of sp³-hybridized carbons (Fsp3) is 0.154. The van der Waals surface area contributed by atoms with Gasteiger partial charge >= 0.3 is 0 Å². The van der Waals surface area contributed by atoms with E-state index in [-0.39, 0.29) is 0 Å². The Labute approximate surface area is 98.7 Å². The second-order valence-corrected chi connectivity index (χ2v) is 4.64. The molecule has 0 fully saturated rings. The lowest BCUT2D eigenvalue weighted by atomic mass is 10.2. The number of pyridine rings is 1. The van der Waals surface area contributed by atoms with Gasteiger partial charge in [0.25, 0.3) is 0 Å². The van der Waals surface area contributed by atoms with Crippen LogP contribution in [0.5, 0.6) is 0 Å². The maximum Gasteiger partial charge on any atom is 0.213 e. The number of hydrogen-bond acceptors (Lipinski definition) is 2. The molecule has 2 rings (SSSR count). The summed E-state index contributed by atoms with van der Waals surface area (Å²) in [7, 11) is 0. The minimum Gasteiger partial charge on any atom is -0.228 e. The lowest BCUT2D eigenvalue weighted by Crippen LogP contribution is -1.84. The molecule has 0 radical (unpaired) electrons. The second-order valence-electron chi connectivity index (χ2n) is 3.59. The molecule has 0 aliphatic carbocycles. The lowest BCUT2D eigenvalue weighted by Gasteiger charge is -2.02. The first-order valence-electron chi connectivity index (χ1n) is 5.04. The molecule has 16 heavy (non-hydrogen) atoms. The van der Waals surface area contributed by atoms with E-state index in [1.165, 1.54) is 23.4 Å². The standard InChI is InChI=1S/C13H12FNS/c1-10-3-2-4-11(7-10)9-16-12-5-6-15-13(14)8-12/h2-8H,9H2,1H3. The van der Waals surface area contributed by atoms with Crippen LogP contribution in [-0.4, -0.2) is 4.98 Å². The van der Waals surface area contributed by atoms with Gasteiger partial charge in [0.1, 0.15) is 0 Å². The summed E-state index contributed by atoms with van der Waals surface area (Å²) in [5, 5.41) is 0. The van der Waals surface area contributed by atoms with Gasteiger partial charge in [0, 0.05) is 22.9 Å². The average molecular weight is 233 g/mol. The van der Waals surface area contributed by atoms with Crippen molar-refractivity contribution >= 4 is 11.8 Å². The fourth-order valence-electron chi connectivity index (χ4n) is 1.44.